The van der Waals surface area contributed by atoms with Crippen molar-refractivity contribution in [1.82, 2.24) is 25.2 Å². The van der Waals surface area contributed by atoms with E-state index >= 15 is 0 Å². The van der Waals surface area contributed by atoms with Crippen molar-refractivity contribution in [1.29, 1.82) is 0 Å². The molecule has 142 valence electrons. The summed E-state index contributed by atoms with van der Waals surface area (Å²) in [4.78, 5) is 15.1. The van der Waals surface area contributed by atoms with Crippen LogP contribution in [0.25, 0.3) is 0 Å². The van der Waals surface area contributed by atoms with E-state index in [4.69, 9.17) is 11.6 Å². The van der Waals surface area contributed by atoms with Crippen LogP contribution in [0.1, 0.15) is 12.2 Å². The Balaban J connectivity index is 0.00000243. The van der Waals surface area contributed by atoms with Crippen molar-refractivity contribution in [2.45, 2.75) is 25.9 Å². The number of aliphatic imine (C=N–C) groups is 1. The maximum Gasteiger partial charge on any atom is 0.191 e. The summed E-state index contributed by atoms with van der Waals surface area (Å²) in [6.45, 7) is 5.44. The first-order valence-corrected chi connectivity index (χ1v) is 8.85. The van der Waals surface area contributed by atoms with Crippen LogP contribution in [0.15, 0.2) is 35.7 Å². The van der Waals surface area contributed by atoms with Gasteiger partial charge in [-0.15, -0.1) is 24.0 Å². The molecule has 0 spiro atoms. The molecule has 0 saturated carbocycles. The lowest BCUT2D eigenvalue weighted by molar-refractivity contribution is 0.618. The number of nitrogens with zero attached hydrogens (tertiary/aromatic N) is 5. The summed E-state index contributed by atoms with van der Waals surface area (Å²) in [6, 6.07) is 4.05. The monoisotopic (exact) mass is 489 g/mol. The van der Waals surface area contributed by atoms with Crippen molar-refractivity contribution in [2.75, 3.05) is 31.6 Å². The minimum absolute atomic E-state index is 0. The first-order valence-electron chi connectivity index (χ1n) is 8.47. The molecule has 0 radical (unpaired) electrons. The largest absolute Gasteiger partial charge is 0.355 e. The summed E-state index contributed by atoms with van der Waals surface area (Å²) in [5.41, 5.74) is 0. The molecule has 26 heavy (non-hydrogen) atoms. The van der Waals surface area contributed by atoms with Crippen LogP contribution in [0, 0.1) is 6.92 Å². The second-order valence-electron chi connectivity index (χ2n) is 6.05. The van der Waals surface area contributed by atoms with Crippen LogP contribution in [0.4, 0.5) is 5.82 Å². The fourth-order valence-electron chi connectivity index (χ4n) is 3.00. The van der Waals surface area contributed by atoms with E-state index in [1.165, 1.54) is 0 Å². The van der Waals surface area contributed by atoms with Crippen molar-refractivity contribution in [3.63, 3.8) is 0 Å². The lowest BCUT2D eigenvalue weighted by atomic mass is 10.3. The summed E-state index contributed by atoms with van der Waals surface area (Å²) in [5, 5.41) is 7.53. The molecule has 2 aromatic rings. The average Bonchev–Trinajstić information content (AvgIpc) is 3.24. The molecule has 1 saturated heterocycles. The van der Waals surface area contributed by atoms with Gasteiger partial charge in [-0.05, 0) is 25.5 Å². The zero-order chi connectivity index (χ0) is 17.6. The van der Waals surface area contributed by atoms with Gasteiger partial charge in [-0.2, -0.15) is 0 Å². The highest BCUT2D eigenvalue weighted by atomic mass is 127. The number of rotatable bonds is 5. The second-order valence-corrected chi connectivity index (χ2v) is 6.46. The molecular weight excluding hydrogens is 465 g/mol. The molecular formula is C17H25ClIN7. The molecule has 1 atom stereocenters. The molecule has 0 aliphatic carbocycles. The molecule has 7 nitrogen and oxygen atoms in total. The van der Waals surface area contributed by atoms with Crippen LogP contribution in [-0.4, -0.2) is 53.2 Å². The van der Waals surface area contributed by atoms with Gasteiger partial charge in [0.25, 0.3) is 0 Å². The van der Waals surface area contributed by atoms with Crippen molar-refractivity contribution in [3.8, 4) is 0 Å². The Kier molecular flexibility index (Phi) is 7.95. The SMILES string of the molecule is CN=C(NCCn1ccnc1C)NC1CCN(c2ncccc2Cl)C1.I. The predicted octanol–water partition coefficient (Wildman–Crippen LogP) is 2.30. The molecule has 3 heterocycles. The quantitative estimate of drug-likeness (QED) is 0.383. The van der Waals surface area contributed by atoms with Crippen molar-refractivity contribution < 1.29 is 0 Å². The first-order chi connectivity index (χ1) is 12.2. The zero-order valence-corrected chi connectivity index (χ0v) is 18.1. The third kappa shape index (κ3) is 5.23. The lowest BCUT2D eigenvalue weighted by Gasteiger charge is -2.20. The summed E-state index contributed by atoms with van der Waals surface area (Å²) >= 11 is 6.25. The lowest BCUT2D eigenvalue weighted by Crippen LogP contribution is -2.45. The minimum atomic E-state index is 0. The van der Waals surface area contributed by atoms with E-state index in [1.807, 2.05) is 31.5 Å². The number of nitrogens with one attached hydrogen (secondary N) is 2. The van der Waals surface area contributed by atoms with Crippen LogP contribution < -0.4 is 15.5 Å². The molecule has 1 fully saturated rings. The molecule has 0 aromatic carbocycles. The van der Waals surface area contributed by atoms with Crippen LogP contribution in [0.2, 0.25) is 5.02 Å². The number of aryl methyl sites for hydroxylation is 1. The summed E-state index contributed by atoms with van der Waals surface area (Å²) in [6.07, 6.45) is 6.60. The maximum atomic E-state index is 6.25. The highest BCUT2D eigenvalue weighted by molar-refractivity contribution is 14.0. The third-order valence-corrected chi connectivity index (χ3v) is 4.66. The van der Waals surface area contributed by atoms with Crippen LogP contribution >= 0.6 is 35.6 Å². The number of anilines is 1. The van der Waals surface area contributed by atoms with Crippen LogP contribution in [0.5, 0.6) is 0 Å². The normalized spacial score (nSPS) is 17.1. The Morgan fingerprint density at radius 3 is 2.92 bits per heavy atom. The molecule has 9 heteroatoms. The van der Waals surface area contributed by atoms with Crippen LogP contribution in [0.3, 0.4) is 0 Å². The number of hydrogen-bond acceptors (Lipinski definition) is 4. The Morgan fingerprint density at radius 2 is 2.23 bits per heavy atom. The van der Waals surface area contributed by atoms with E-state index in [0.29, 0.717) is 11.1 Å². The Bertz CT molecular complexity index is 733. The number of halogens is 2. The van der Waals surface area contributed by atoms with E-state index < -0.39 is 0 Å². The van der Waals surface area contributed by atoms with Crippen molar-refractivity contribution >= 4 is 47.4 Å². The number of aromatic nitrogens is 3. The first kappa shape index (κ1) is 20.8. The fraction of sp³-hybridized carbons (Fsp3) is 0.471. The molecule has 1 unspecified atom stereocenters. The Morgan fingerprint density at radius 1 is 1.38 bits per heavy atom. The Labute approximate surface area is 176 Å². The zero-order valence-electron chi connectivity index (χ0n) is 15.0. The van der Waals surface area contributed by atoms with Gasteiger partial charge in [0, 0.05) is 57.9 Å². The molecule has 1 aliphatic rings. The molecule has 0 amide bonds. The predicted molar refractivity (Wildman–Crippen MR) is 117 cm³/mol. The minimum Gasteiger partial charge on any atom is -0.355 e. The fourth-order valence-corrected chi connectivity index (χ4v) is 3.24. The highest BCUT2D eigenvalue weighted by Gasteiger charge is 2.25. The van der Waals surface area contributed by atoms with Gasteiger partial charge < -0.3 is 20.1 Å². The average molecular weight is 490 g/mol. The maximum absolute atomic E-state index is 6.25. The van der Waals surface area contributed by atoms with Gasteiger partial charge in [0.05, 0.1) is 5.02 Å². The summed E-state index contributed by atoms with van der Waals surface area (Å²) in [7, 11) is 1.79. The smallest absolute Gasteiger partial charge is 0.191 e. The molecule has 3 rings (SSSR count). The van der Waals surface area contributed by atoms with Crippen molar-refractivity contribution in [2.24, 2.45) is 4.99 Å². The van der Waals surface area contributed by atoms with Gasteiger partial charge in [0.15, 0.2) is 5.96 Å². The second kappa shape index (κ2) is 9.96. The van der Waals surface area contributed by atoms with E-state index in [-0.39, 0.29) is 24.0 Å². The van der Waals surface area contributed by atoms with E-state index in [1.54, 1.807) is 13.2 Å². The standard InChI is InChI=1S/C17H24ClN7.HI/c1-13-20-7-10-24(13)11-8-22-17(19-2)23-14-5-9-25(12-14)16-15(18)4-3-6-21-16;/h3-4,6-7,10,14H,5,8-9,11-12H2,1-2H3,(H2,19,22,23);1H. The number of imidazole rings is 1. The van der Waals surface area contributed by atoms with Gasteiger partial charge in [0.2, 0.25) is 0 Å². The third-order valence-electron chi connectivity index (χ3n) is 4.36. The molecule has 2 N–H and O–H groups in total. The topological polar surface area (TPSA) is 70.4 Å². The van der Waals surface area contributed by atoms with Crippen molar-refractivity contribution in [3.05, 3.63) is 41.6 Å². The summed E-state index contributed by atoms with van der Waals surface area (Å²) in [5.74, 6) is 2.69. The van der Waals surface area contributed by atoms with Gasteiger partial charge in [-0.25, -0.2) is 9.97 Å². The Hall–Kier alpha value is -1.55. The number of hydrogen-bond donors (Lipinski definition) is 2. The van der Waals surface area contributed by atoms with Gasteiger partial charge in [-0.3, -0.25) is 4.99 Å². The number of pyridine rings is 1. The van der Waals surface area contributed by atoms with E-state index in [9.17, 15) is 0 Å². The van der Waals surface area contributed by atoms with Gasteiger partial charge >= 0.3 is 0 Å². The highest BCUT2D eigenvalue weighted by Crippen LogP contribution is 2.25. The van der Waals surface area contributed by atoms with E-state index in [0.717, 1.165) is 50.2 Å². The van der Waals surface area contributed by atoms with Crippen LogP contribution in [-0.2, 0) is 6.54 Å². The summed E-state index contributed by atoms with van der Waals surface area (Å²) < 4.78 is 2.11. The number of guanidine groups is 1. The molecule has 0 bridgehead atoms. The molecule has 1 aliphatic heterocycles. The van der Waals surface area contributed by atoms with Gasteiger partial charge in [-0.1, -0.05) is 11.6 Å². The van der Waals surface area contributed by atoms with Gasteiger partial charge in [0.1, 0.15) is 11.6 Å². The molecule has 2 aromatic heterocycles. The van der Waals surface area contributed by atoms with E-state index in [2.05, 4.69) is 35.1 Å².